The van der Waals surface area contributed by atoms with Crippen molar-refractivity contribution in [3.63, 3.8) is 0 Å². The van der Waals surface area contributed by atoms with Crippen molar-refractivity contribution < 1.29 is 24.2 Å². The van der Waals surface area contributed by atoms with Crippen molar-refractivity contribution >= 4 is 11.8 Å². The Hall–Kier alpha value is -1.72. The molecule has 5 heteroatoms. The van der Waals surface area contributed by atoms with Crippen LogP contribution in [0.1, 0.15) is 102 Å². The summed E-state index contributed by atoms with van der Waals surface area (Å²) in [7, 11) is 0. The van der Waals surface area contributed by atoms with E-state index in [-0.39, 0.29) is 29.5 Å². The summed E-state index contributed by atoms with van der Waals surface area (Å²) in [5.74, 6) is 2.66. The Labute approximate surface area is 234 Å². The van der Waals surface area contributed by atoms with Gasteiger partial charge >= 0.3 is 5.97 Å². The van der Waals surface area contributed by atoms with Gasteiger partial charge < -0.3 is 14.6 Å². The Morgan fingerprint density at radius 2 is 1.82 bits per heavy atom. The van der Waals surface area contributed by atoms with Crippen molar-refractivity contribution in [1.82, 2.24) is 0 Å². The molecular formula is C34H48O5. The maximum atomic E-state index is 14.1. The number of Topliss-reactive ketones (excluding diaryl/α,β-unsaturated/α-hetero) is 1. The van der Waals surface area contributed by atoms with E-state index in [4.69, 9.17) is 9.47 Å². The van der Waals surface area contributed by atoms with Gasteiger partial charge in [0.1, 0.15) is 17.8 Å². The molecule has 5 nitrogen and oxygen atoms in total. The maximum absolute atomic E-state index is 14.1. The predicted octanol–water partition coefficient (Wildman–Crippen LogP) is 6.62. The number of hydrogen-bond donors (Lipinski definition) is 1. The molecule has 7 rings (SSSR count). The average Bonchev–Trinajstić information content (AvgIpc) is 3.27. The van der Waals surface area contributed by atoms with Crippen LogP contribution >= 0.6 is 0 Å². The lowest BCUT2D eigenvalue weighted by molar-refractivity contribution is -0.295. The molecule has 2 heterocycles. The summed E-state index contributed by atoms with van der Waals surface area (Å²) in [6.45, 7) is 10.1. The van der Waals surface area contributed by atoms with Crippen molar-refractivity contribution in [3.8, 4) is 0 Å². The summed E-state index contributed by atoms with van der Waals surface area (Å²) < 4.78 is 12.3. The highest BCUT2D eigenvalue weighted by Crippen LogP contribution is 2.71. The lowest BCUT2D eigenvalue weighted by atomic mass is 9.40. The molecule has 0 unspecified atom stereocenters. The number of ketones is 1. The molecule has 4 aliphatic carbocycles. The molecule has 2 aliphatic heterocycles. The molecule has 4 saturated carbocycles. The molecule has 10 atom stereocenters. The van der Waals surface area contributed by atoms with Crippen LogP contribution < -0.4 is 0 Å². The predicted molar refractivity (Wildman–Crippen MR) is 150 cm³/mol. The minimum Gasteiger partial charge on any atom is -0.459 e. The number of aliphatic hydroxyl groups is 1. The largest absolute Gasteiger partial charge is 0.459 e. The Morgan fingerprint density at radius 3 is 2.56 bits per heavy atom. The fraction of sp³-hybridized carbons (Fsp3) is 0.765. The van der Waals surface area contributed by atoms with Gasteiger partial charge in [-0.3, -0.25) is 4.79 Å². The lowest BCUT2D eigenvalue weighted by Gasteiger charge is -2.68. The Kier molecular flexibility index (Phi) is 7.02. The summed E-state index contributed by atoms with van der Waals surface area (Å²) in [6.07, 6.45) is 9.15. The van der Waals surface area contributed by atoms with Crippen LogP contribution in [0.5, 0.6) is 0 Å². The van der Waals surface area contributed by atoms with Gasteiger partial charge in [-0.2, -0.15) is 0 Å². The highest BCUT2D eigenvalue weighted by atomic mass is 16.5. The van der Waals surface area contributed by atoms with Crippen LogP contribution in [0.2, 0.25) is 0 Å². The zero-order chi connectivity index (χ0) is 27.6. The molecule has 1 aromatic carbocycles. The zero-order valence-corrected chi connectivity index (χ0v) is 24.4. The van der Waals surface area contributed by atoms with E-state index in [1.54, 1.807) is 12.1 Å². The van der Waals surface area contributed by atoms with E-state index in [0.29, 0.717) is 48.7 Å². The highest BCUT2D eigenvalue weighted by molar-refractivity contribution is 5.95. The Balaban J connectivity index is 1.20. The maximum Gasteiger partial charge on any atom is 0.338 e. The van der Waals surface area contributed by atoms with E-state index in [0.717, 1.165) is 12.3 Å². The number of esters is 1. The molecule has 1 spiro atoms. The van der Waals surface area contributed by atoms with Gasteiger partial charge in [-0.1, -0.05) is 65.2 Å². The van der Waals surface area contributed by atoms with E-state index in [1.165, 1.54) is 38.5 Å². The van der Waals surface area contributed by atoms with Gasteiger partial charge in [-0.05, 0) is 91.6 Å². The van der Waals surface area contributed by atoms with Gasteiger partial charge in [0.25, 0.3) is 0 Å². The van der Waals surface area contributed by atoms with Crippen LogP contribution in [-0.2, 0) is 14.3 Å². The number of carbonyl (C=O) groups excluding carboxylic acids is 2. The second-order valence-corrected chi connectivity index (χ2v) is 14.6. The third-order valence-corrected chi connectivity index (χ3v) is 12.3. The number of benzene rings is 1. The van der Waals surface area contributed by atoms with Crippen molar-refractivity contribution in [3.05, 3.63) is 35.9 Å². The van der Waals surface area contributed by atoms with Crippen LogP contribution in [-0.4, -0.2) is 41.3 Å². The van der Waals surface area contributed by atoms with Crippen molar-refractivity contribution in [2.24, 2.45) is 46.3 Å². The van der Waals surface area contributed by atoms with Crippen LogP contribution in [0.15, 0.2) is 30.3 Å². The second-order valence-electron chi connectivity index (χ2n) is 14.6. The lowest BCUT2D eigenvalue weighted by Crippen LogP contribution is -2.78. The summed E-state index contributed by atoms with van der Waals surface area (Å²) >= 11 is 0. The minimum absolute atomic E-state index is 0.131. The zero-order valence-electron chi connectivity index (χ0n) is 24.4. The van der Waals surface area contributed by atoms with E-state index in [9.17, 15) is 14.7 Å². The molecule has 214 valence electrons. The highest BCUT2D eigenvalue weighted by Gasteiger charge is 2.75. The molecule has 6 fully saturated rings. The van der Waals surface area contributed by atoms with Gasteiger partial charge in [-0.25, -0.2) is 4.79 Å². The topological polar surface area (TPSA) is 72.8 Å². The van der Waals surface area contributed by atoms with Gasteiger partial charge in [0, 0.05) is 11.8 Å². The van der Waals surface area contributed by atoms with Gasteiger partial charge in [-0.15, -0.1) is 0 Å². The molecule has 2 bridgehead atoms. The van der Waals surface area contributed by atoms with E-state index in [1.807, 2.05) is 18.2 Å². The first-order valence-electron chi connectivity index (χ1n) is 15.7. The van der Waals surface area contributed by atoms with Crippen molar-refractivity contribution in [2.75, 3.05) is 6.61 Å². The first-order chi connectivity index (χ1) is 18.6. The molecular weight excluding hydrogens is 488 g/mol. The Morgan fingerprint density at radius 1 is 1.05 bits per heavy atom. The fourth-order valence-corrected chi connectivity index (χ4v) is 10.4. The summed E-state index contributed by atoms with van der Waals surface area (Å²) in [4.78, 5) is 26.9. The van der Waals surface area contributed by atoms with E-state index >= 15 is 0 Å². The normalized spacial score (nSPS) is 43.5. The molecule has 6 aliphatic rings. The molecule has 0 aromatic heterocycles. The molecule has 2 saturated heterocycles. The number of fused-ring (bicyclic) bond motifs is 2. The first kappa shape index (κ1) is 27.4. The van der Waals surface area contributed by atoms with Gasteiger partial charge in [0.15, 0.2) is 5.78 Å². The summed E-state index contributed by atoms with van der Waals surface area (Å²) in [6, 6.07) is 8.99. The Bertz CT molecular complexity index is 1080. The monoisotopic (exact) mass is 536 g/mol. The smallest absolute Gasteiger partial charge is 0.338 e. The van der Waals surface area contributed by atoms with Crippen molar-refractivity contribution in [2.45, 2.75) is 110 Å². The number of ether oxygens (including phenoxy) is 2. The van der Waals surface area contributed by atoms with Crippen LogP contribution in [0, 0.1) is 46.3 Å². The molecule has 0 amide bonds. The molecule has 0 radical (unpaired) electrons. The van der Waals surface area contributed by atoms with Crippen LogP contribution in [0.4, 0.5) is 0 Å². The van der Waals surface area contributed by atoms with E-state index in [2.05, 4.69) is 27.7 Å². The summed E-state index contributed by atoms with van der Waals surface area (Å²) in [5.41, 5.74) is -1.27. The third-order valence-electron chi connectivity index (χ3n) is 12.3. The van der Waals surface area contributed by atoms with Gasteiger partial charge in [0.05, 0.1) is 12.2 Å². The average molecular weight is 537 g/mol. The quantitative estimate of drug-likeness (QED) is 0.397. The minimum atomic E-state index is -1.47. The summed E-state index contributed by atoms with van der Waals surface area (Å²) in [5, 5.41) is 12.2. The third kappa shape index (κ3) is 4.16. The molecule has 1 N–H and O–H groups in total. The van der Waals surface area contributed by atoms with Gasteiger partial charge in [0.2, 0.25) is 0 Å². The standard InChI is InChI=1S/C34H48O5/c1-21(2)9-8-10-22(3)25-13-14-26-28-27(16-17-32(25,26)4)33-18-15-24(39-31(36)23-11-6-5-7-12-23)19-34(33,37)30(35)29(28)38-20-33/h5-7,11-12,21-22,24-29,37H,8-10,13-20H2,1-4H3/t22-,24+,25-,26+,27+,28+,29-,32-,33+,34+/m1/s1. The number of carbonyl (C=O) groups is 2. The second kappa shape index (κ2) is 9.98. The number of hydrogen-bond acceptors (Lipinski definition) is 5. The van der Waals surface area contributed by atoms with Crippen molar-refractivity contribution in [1.29, 1.82) is 0 Å². The van der Waals surface area contributed by atoms with Crippen LogP contribution in [0.25, 0.3) is 0 Å². The number of rotatable bonds is 7. The van der Waals surface area contributed by atoms with Crippen LogP contribution in [0.3, 0.4) is 0 Å². The molecule has 1 aromatic rings. The SMILES string of the molecule is CC(C)CCC[C@@H](C)[C@H]1CC[C@H]2[C@@H]3[C@H]4OC[C@@]5(CC[C@H](OC(=O)c6ccccc6)C[C@]5(O)C4=O)[C@H]3CC[C@]12C. The fourth-order valence-electron chi connectivity index (χ4n) is 10.4. The first-order valence-corrected chi connectivity index (χ1v) is 15.7. The molecule has 39 heavy (non-hydrogen) atoms. The van der Waals surface area contributed by atoms with E-state index < -0.39 is 23.2 Å².